The molecule has 2 heterocycles. The zero-order chi connectivity index (χ0) is 13.0. The van der Waals surface area contributed by atoms with Crippen molar-refractivity contribution in [3.63, 3.8) is 0 Å². The molecule has 2 rings (SSSR count). The van der Waals surface area contributed by atoms with Crippen molar-refractivity contribution in [2.24, 2.45) is 0 Å². The molecule has 0 bridgehead atoms. The summed E-state index contributed by atoms with van der Waals surface area (Å²) < 4.78 is 7.88. The number of morpholine rings is 1. The molecular formula is C13H24N4O. The van der Waals surface area contributed by atoms with Crippen LogP contribution in [0.5, 0.6) is 0 Å². The zero-order valence-electron chi connectivity index (χ0n) is 11.6. The molecule has 0 saturated carbocycles. The summed E-state index contributed by atoms with van der Waals surface area (Å²) in [5.74, 6) is 0. The standard InChI is InChI=1S/C13H24N4O/c1-4-14-13(11-8-15-17(5-2)9-11)12-10-16(3)6-7-18-12/h8-9,12-14H,4-7,10H2,1-3H3. The number of nitrogens with zero attached hydrogens (tertiary/aromatic N) is 3. The molecular weight excluding hydrogens is 228 g/mol. The predicted molar refractivity (Wildman–Crippen MR) is 71.6 cm³/mol. The maximum absolute atomic E-state index is 5.92. The first-order valence-corrected chi connectivity index (χ1v) is 6.80. The van der Waals surface area contributed by atoms with Crippen molar-refractivity contribution in [2.75, 3.05) is 33.3 Å². The van der Waals surface area contributed by atoms with E-state index in [2.05, 4.69) is 42.4 Å². The summed E-state index contributed by atoms with van der Waals surface area (Å²) in [7, 11) is 2.15. The molecule has 5 heteroatoms. The Hall–Kier alpha value is -0.910. The third kappa shape index (κ3) is 3.10. The first-order chi connectivity index (χ1) is 8.74. The van der Waals surface area contributed by atoms with Crippen molar-refractivity contribution in [3.05, 3.63) is 18.0 Å². The van der Waals surface area contributed by atoms with Crippen LogP contribution in [0, 0.1) is 0 Å². The minimum Gasteiger partial charge on any atom is -0.374 e. The Morgan fingerprint density at radius 3 is 3.00 bits per heavy atom. The van der Waals surface area contributed by atoms with Gasteiger partial charge < -0.3 is 15.0 Å². The van der Waals surface area contributed by atoms with Crippen LogP contribution in [-0.2, 0) is 11.3 Å². The lowest BCUT2D eigenvalue weighted by atomic mass is 10.0. The molecule has 1 aromatic rings. The van der Waals surface area contributed by atoms with Gasteiger partial charge in [-0.3, -0.25) is 4.68 Å². The van der Waals surface area contributed by atoms with Gasteiger partial charge in [0.2, 0.25) is 0 Å². The molecule has 1 aromatic heterocycles. The quantitative estimate of drug-likeness (QED) is 0.845. The predicted octanol–water partition coefficient (Wildman–Crippen LogP) is 0.884. The highest BCUT2D eigenvalue weighted by atomic mass is 16.5. The number of aromatic nitrogens is 2. The number of hydrogen-bond acceptors (Lipinski definition) is 4. The molecule has 0 radical (unpaired) electrons. The van der Waals surface area contributed by atoms with Crippen molar-refractivity contribution in [3.8, 4) is 0 Å². The van der Waals surface area contributed by atoms with Crippen molar-refractivity contribution in [1.82, 2.24) is 20.0 Å². The maximum atomic E-state index is 5.92. The number of ether oxygens (including phenoxy) is 1. The lowest BCUT2D eigenvalue weighted by Crippen LogP contribution is -2.46. The van der Waals surface area contributed by atoms with Crippen LogP contribution in [0.2, 0.25) is 0 Å². The zero-order valence-corrected chi connectivity index (χ0v) is 11.6. The highest BCUT2D eigenvalue weighted by molar-refractivity contribution is 5.13. The molecule has 2 atom stereocenters. The van der Waals surface area contributed by atoms with Crippen LogP contribution < -0.4 is 5.32 Å². The molecule has 0 aromatic carbocycles. The average Bonchev–Trinajstić information content (AvgIpc) is 2.84. The topological polar surface area (TPSA) is 42.3 Å². The van der Waals surface area contributed by atoms with E-state index in [0.29, 0.717) is 0 Å². The molecule has 1 aliphatic heterocycles. The highest BCUT2D eigenvalue weighted by Gasteiger charge is 2.28. The molecule has 1 fully saturated rings. The number of aryl methyl sites for hydroxylation is 1. The Balaban J connectivity index is 2.11. The fraction of sp³-hybridized carbons (Fsp3) is 0.769. The molecule has 1 N–H and O–H groups in total. The van der Waals surface area contributed by atoms with Crippen LogP contribution in [0.3, 0.4) is 0 Å². The monoisotopic (exact) mass is 252 g/mol. The van der Waals surface area contributed by atoms with Gasteiger partial charge in [-0.15, -0.1) is 0 Å². The second-order valence-electron chi connectivity index (χ2n) is 4.84. The van der Waals surface area contributed by atoms with E-state index in [1.54, 1.807) is 0 Å². The second-order valence-corrected chi connectivity index (χ2v) is 4.84. The van der Waals surface area contributed by atoms with Crippen molar-refractivity contribution in [2.45, 2.75) is 32.5 Å². The van der Waals surface area contributed by atoms with E-state index in [0.717, 1.165) is 32.8 Å². The molecule has 0 amide bonds. The molecule has 2 unspecified atom stereocenters. The van der Waals surface area contributed by atoms with Crippen LogP contribution in [0.25, 0.3) is 0 Å². The lowest BCUT2D eigenvalue weighted by Gasteiger charge is -2.35. The van der Waals surface area contributed by atoms with Crippen LogP contribution in [-0.4, -0.2) is 54.1 Å². The van der Waals surface area contributed by atoms with Crippen molar-refractivity contribution >= 4 is 0 Å². The number of hydrogen-bond donors (Lipinski definition) is 1. The largest absolute Gasteiger partial charge is 0.374 e. The molecule has 0 aliphatic carbocycles. The van der Waals surface area contributed by atoms with Gasteiger partial charge in [0.15, 0.2) is 0 Å². The van der Waals surface area contributed by atoms with Crippen LogP contribution in [0.15, 0.2) is 12.4 Å². The Morgan fingerprint density at radius 2 is 2.39 bits per heavy atom. The van der Waals surface area contributed by atoms with Gasteiger partial charge in [-0.1, -0.05) is 6.92 Å². The molecule has 102 valence electrons. The van der Waals surface area contributed by atoms with E-state index in [4.69, 9.17) is 4.74 Å². The molecule has 1 aliphatic rings. The summed E-state index contributed by atoms with van der Waals surface area (Å²) in [6.45, 7) is 8.87. The number of likely N-dealkylation sites (N-methyl/N-ethyl adjacent to an activating group) is 2. The van der Waals surface area contributed by atoms with E-state index in [9.17, 15) is 0 Å². The first-order valence-electron chi connectivity index (χ1n) is 6.80. The van der Waals surface area contributed by atoms with Gasteiger partial charge in [0.05, 0.1) is 24.9 Å². The van der Waals surface area contributed by atoms with Gasteiger partial charge in [-0.05, 0) is 20.5 Å². The van der Waals surface area contributed by atoms with E-state index in [1.807, 2.05) is 10.9 Å². The summed E-state index contributed by atoms with van der Waals surface area (Å²) in [6, 6.07) is 0.234. The Morgan fingerprint density at radius 1 is 1.56 bits per heavy atom. The first kappa shape index (κ1) is 13.5. The van der Waals surface area contributed by atoms with E-state index in [1.165, 1.54) is 5.56 Å². The van der Waals surface area contributed by atoms with Gasteiger partial charge in [0.25, 0.3) is 0 Å². The lowest BCUT2D eigenvalue weighted by molar-refractivity contribution is -0.0390. The van der Waals surface area contributed by atoms with E-state index in [-0.39, 0.29) is 12.1 Å². The normalized spacial score (nSPS) is 23.2. The van der Waals surface area contributed by atoms with Gasteiger partial charge in [-0.25, -0.2) is 0 Å². The molecule has 0 spiro atoms. The van der Waals surface area contributed by atoms with Crippen molar-refractivity contribution < 1.29 is 4.74 Å². The summed E-state index contributed by atoms with van der Waals surface area (Å²) in [6.07, 6.45) is 4.28. The Labute approximate surface area is 109 Å². The van der Waals surface area contributed by atoms with E-state index >= 15 is 0 Å². The summed E-state index contributed by atoms with van der Waals surface area (Å²) in [5, 5.41) is 7.88. The third-order valence-corrected chi connectivity index (χ3v) is 3.43. The van der Waals surface area contributed by atoms with Crippen LogP contribution in [0.4, 0.5) is 0 Å². The Bertz CT molecular complexity index is 366. The Kier molecular flexibility index (Phi) is 4.74. The third-order valence-electron chi connectivity index (χ3n) is 3.43. The number of rotatable bonds is 5. The maximum Gasteiger partial charge on any atom is 0.0897 e. The highest BCUT2D eigenvalue weighted by Crippen LogP contribution is 2.21. The fourth-order valence-corrected chi connectivity index (χ4v) is 2.41. The SMILES string of the molecule is CCNC(c1cnn(CC)c1)C1CN(C)CCO1. The second kappa shape index (κ2) is 6.31. The molecule has 18 heavy (non-hydrogen) atoms. The summed E-state index contributed by atoms with van der Waals surface area (Å²) in [5.41, 5.74) is 1.22. The van der Waals surface area contributed by atoms with Gasteiger partial charge in [0.1, 0.15) is 0 Å². The fourth-order valence-electron chi connectivity index (χ4n) is 2.41. The van der Waals surface area contributed by atoms with Crippen LogP contribution in [0.1, 0.15) is 25.5 Å². The van der Waals surface area contributed by atoms with Crippen LogP contribution >= 0.6 is 0 Å². The summed E-state index contributed by atoms with van der Waals surface area (Å²) in [4.78, 5) is 2.32. The molecule has 1 saturated heterocycles. The minimum absolute atomic E-state index is 0.207. The van der Waals surface area contributed by atoms with Gasteiger partial charge in [-0.2, -0.15) is 5.10 Å². The molecule has 5 nitrogen and oxygen atoms in total. The van der Waals surface area contributed by atoms with Gasteiger partial charge in [0, 0.05) is 31.4 Å². The minimum atomic E-state index is 0.207. The number of nitrogens with one attached hydrogen (secondary N) is 1. The average molecular weight is 252 g/mol. The van der Waals surface area contributed by atoms with E-state index < -0.39 is 0 Å². The smallest absolute Gasteiger partial charge is 0.0897 e. The summed E-state index contributed by atoms with van der Waals surface area (Å²) >= 11 is 0. The van der Waals surface area contributed by atoms with Crippen molar-refractivity contribution in [1.29, 1.82) is 0 Å². The van der Waals surface area contributed by atoms with Gasteiger partial charge >= 0.3 is 0 Å².